The third kappa shape index (κ3) is 3.82. The van der Waals surface area contributed by atoms with Crippen molar-refractivity contribution in [2.45, 2.75) is 6.92 Å². The molecule has 1 N–H and O–H groups in total. The van der Waals surface area contributed by atoms with Crippen LogP contribution in [-0.2, 0) is 0 Å². The van der Waals surface area contributed by atoms with Crippen LogP contribution >= 0.6 is 11.6 Å². The Balaban J connectivity index is 2.09. The van der Waals surface area contributed by atoms with Gasteiger partial charge in [-0.05, 0) is 36.8 Å². The Morgan fingerprint density at radius 3 is 2.29 bits per heavy atom. The number of hydrogen-bond donors (Lipinski definition) is 1. The Morgan fingerprint density at radius 1 is 1.21 bits per heavy atom. The molecule has 0 bridgehead atoms. The molecule has 0 unspecified atom stereocenters. The molecule has 1 aliphatic rings. The maximum absolute atomic E-state index is 13.3. The van der Waals surface area contributed by atoms with Crippen LogP contribution < -0.4 is 0 Å². The summed E-state index contributed by atoms with van der Waals surface area (Å²) in [5, 5.41) is 10.1. The van der Waals surface area contributed by atoms with Gasteiger partial charge >= 0.3 is 0 Å². The van der Waals surface area contributed by atoms with Crippen LogP contribution in [0.4, 0.5) is 4.39 Å². The van der Waals surface area contributed by atoms with Crippen molar-refractivity contribution in [1.29, 1.82) is 0 Å². The maximum atomic E-state index is 13.3. The van der Waals surface area contributed by atoms with E-state index in [2.05, 4.69) is 24.6 Å². The fourth-order valence-corrected chi connectivity index (χ4v) is 2.95. The summed E-state index contributed by atoms with van der Waals surface area (Å²) in [4.78, 5) is 4.17. The van der Waals surface area contributed by atoms with Crippen LogP contribution in [-0.4, -0.2) is 41.1 Å². The van der Waals surface area contributed by atoms with Crippen LogP contribution in [0.3, 0.4) is 0 Å². The van der Waals surface area contributed by atoms with Crippen molar-refractivity contribution in [2.24, 2.45) is 0 Å². The molecular formula is C19H22ClFN2O. The van der Waals surface area contributed by atoms with Gasteiger partial charge in [0.05, 0.1) is 10.7 Å². The molecule has 3 nitrogen and oxygen atoms in total. The van der Waals surface area contributed by atoms with Gasteiger partial charge in [-0.25, -0.2) is 4.39 Å². The van der Waals surface area contributed by atoms with Crippen LogP contribution in [0, 0.1) is 12.7 Å². The van der Waals surface area contributed by atoms with Gasteiger partial charge in [0.1, 0.15) is 5.82 Å². The minimum absolute atomic E-state index is 0.0478. The number of benzene rings is 1. The fraction of sp³-hybridized carbons (Fsp3) is 0.263. The van der Waals surface area contributed by atoms with E-state index in [0.717, 1.165) is 29.9 Å². The first-order chi connectivity index (χ1) is 11.3. The quantitative estimate of drug-likeness (QED) is 0.630. The molecule has 5 heteroatoms. The van der Waals surface area contributed by atoms with Gasteiger partial charge in [0.2, 0.25) is 0 Å². The molecule has 24 heavy (non-hydrogen) atoms. The zero-order valence-electron chi connectivity index (χ0n) is 13.9. The number of aliphatic hydroxyl groups excluding tert-OH is 1. The summed E-state index contributed by atoms with van der Waals surface area (Å²) in [5.41, 5.74) is 3.27. The first kappa shape index (κ1) is 18.1. The van der Waals surface area contributed by atoms with Crippen LogP contribution in [0.5, 0.6) is 0 Å². The first-order valence-electron chi connectivity index (χ1n) is 7.71. The van der Waals surface area contributed by atoms with Gasteiger partial charge in [0.25, 0.3) is 0 Å². The van der Waals surface area contributed by atoms with Crippen molar-refractivity contribution in [3.63, 3.8) is 0 Å². The lowest BCUT2D eigenvalue weighted by atomic mass is 10.0. The van der Waals surface area contributed by atoms with Gasteiger partial charge in [0.15, 0.2) is 5.76 Å². The van der Waals surface area contributed by atoms with Crippen molar-refractivity contribution in [1.82, 2.24) is 9.80 Å². The van der Waals surface area contributed by atoms with Crippen LogP contribution in [0.25, 0.3) is 5.70 Å². The molecule has 1 saturated heterocycles. The fourth-order valence-electron chi connectivity index (χ4n) is 2.85. The van der Waals surface area contributed by atoms with Gasteiger partial charge in [-0.3, -0.25) is 0 Å². The molecule has 1 aromatic carbocycles. The lowest BCUT2D eigenvalue weighted by molar-refractivity contribution is 0.210. The van der Waals surface area contributed by atoms with Crippen LogP contribution in [0.15, 0.2) is 60.5 Å². The molecule has 1 heterocycles. The van der Waals surface area contributed by atoms with Crippen molar-refractivity contribution >= 4 is 17.3 Å². The van der Waals surface area contributed by atoms with Gasteiger partial charge < -0.3 is 14.9 Å². The molecule has 128 valence electrons. The molecule has 0 aliphatic carbocycles. The topological polar surface area (TPSA) is 26.7 Å². The summed E-state index contributed by atoms with van der Waals surface area (Å²) in [7, 11) is 0. The van der Waals surface area contributed by atoms with Crippen molar-refractivity contribution in [2.75, 3.05) is 26.2 Å². The monoisotopic (exact) mass is 348 g/mol. The van der Waals surface area contributed by atoms with Gasteiger partial charge in [-0.2, -0.15) is 0 Å². The Bertz CT molecular complexity index is 703. The van der Waals surface area contributed by atoms with Crippen LogP contribution in [0.1, 0.15) is 11.1 Å². The highest BCUT2D eigenvalue weighted by atomic mass is 35.5. The Kier molecular flexibility index (Phi) is 5.73. The zero-order valence-corrected chi connectivity index (χ0v) is 14.6. The lowest BCUT2D eigenvalue weighted by Crippen LogP contribution is -2.44. The van der Waals surface area contributed by atoms with Crippen LogP contribution in [0.2, 0.25) is 0 Å². The summed E-state index contributed by atoms with van der Waals surface area (Å²) >= 11 is 5.78. The van der Waals surface area contributed by atoms with E-state index in [1.807, 2.05) is 11.8 Å². The van der Waals surface area contributed by atoms with Crippen molar-refractivity contribution < 1.29 is 9.50 Å². The third-order valence-corrected chi connectivity index (χ3v) is 4.37. The molecule has 2 rings (SSSR count). The number of nitrogens with zero attached hydrogens (tertiary/aromatic N) is 2. The van der Waals surface area contributed by atoms with Crippen molar-refractivity contribution in [3.05, 3.63) is 77.4 Å². The zero-order chi connectivity index (χ0) is 17.9. The Hall–Kier alpha value is -2.20. The molecular weight excluding hydrogens is 327 g/mol. The molecule has 0 aromatic heterocycles. The Labute approximate surface area is 147 Å². The average Bonchev–Trinajstić information content (AvgIpc) is 2.55. The van der Waals surface area contributed by atoms with E-state index in [9.17, 15) is 9.50 Å². The second-order valence-electron chi connectivity index (χ2n) is 5.72. The standard InChI is InChI=1S/C19H22ClFN2O/c1-5-18(19(24)14(3)20)23-10-8-22(9-11-23)15(4)17-7-6-16(21)12-13(17)2/h5-7,12,24H,1,3-4,8-11H2,2H3/b19-18-. The number of aryl methyl sites for hydroxylation is 1. The second kappa shape index (κ2) is 7.58. The van der Waals surface area contributed by atoms with E-state index in [1.54, 1.807) is 12.1 Å². The molecule has 0 atom stereocenters. The summed E-state index contributed by atoms with van der Waals surface area (Å²) in [6.07, 6.45) is 1.58. The number of halogens is 2. The minimum Gasteiger partial charge on any atom is -0.504 e. The van der Waals surface area contributed by atoms with Gasteiger partial charge in [-0.15, -0.1) is 0 Å². The van der Waals surface area contributed by atoms with E-state index in [-0.39, 0.29) is 16.6 Å². The first-order valence-corrected chi connectivity index (χ1v) is 8.08. The summed E-state index contributed by atoms with van der Waals surface area (Å²) in [6, 6.07) is 4.73. The second-order valence-corrected chi connectivity index (χ2v) is 6.18. The molecule has 0 saturated carbocycles. The normalized spacial score (nSPS) is 15.8. The molecule has 0 amide bonds. The smallest absolute Gasteiger partial charge is 0.156 e. The lowest BCUT2D eigenvalue weighted by Gasteiger charge is -2.39. The number of piperazine rings is 1. The summed E-state index contributed by atoms with van der Waals surface area (Å²) < 4.78 is 13.3. The highest BCUT2D eigenvalue weighted by Gasteiger charge is 2.22. The molecule has 1 fully saturated rings. The van der Waals surface area contributed by atoms with E-state index < -0.39 is 0 Å². The molecule has 1 aliphatic heterocycles. The maximum Gasteiger partial charge on any atom is 0.156 e. The predicted octanol–water partition coefficient (Wildman–Crippen LogP) is 4.43. The number of allylic oxidation sites excluding steroid dienone is 2. The highest BCUT2D eigenvalue weighted by Crippen LogP contribution is 2.25. The van der Waals surface area contributed by atoms with Gasteiger partial charge in [0, 0.05) is 37.4 Å². The average molecular weight is 349 g/mol. The van der Waals surface area contributed by atoms with Crippen molar-refractivity contribution in [3.8, 4) is 0 Å². The molecule has 0 radical (unpaired) electrons. The third-order valence-electron chi connectivity index (χ3n) is 4.19. The summed E-state index contributed by atoms with van der Waals surface area (Å²) in [5.74, 6) is -0.292. The van der Waals surface area contributed by atoms with E-state index in [4.69, 9.17) is 11.6 Å². The van der Waals surface area contributed by atoms with E-state index in [0.29, 0.717) is 18.8 Å². The minimum atomic E-state index is -0.244. The number of aliphatic hydroxyl groups is 1. The Morgan fingerprint density at radius 2 is 1.79 bits per heavy atom. The largest absolute Gasteiger partial charge is 0.504 e. The van der Waals surface area contributed by atoms with E-state index in [1.165, 1.54) is 12.1 Å². The molecule has 1 aromatic rings. The predicted molar refractivity (Wildman–Crippen MR) is 98.2 cm³/mol. The van der Waals surface area contributed by atoms with Gasteiger partial charge in [-0.1, -0.05) is 31.3 Å². The van der Waals surface area contributed by atoms with E-state index >= 15 is 0 Å². The number of rotatable bonds is 5. The SMILES string of the molecule is C=C/C(=C(/O)C(=C)Cl)N1CCN(C(=C)c2ccc(F)cc2C)CC1. The molecule has 0 spiro atoms. The number of hydrogen-bond acceptors (Lipinski definition) is 3. The summed E-state index contributed by atoms with van der Waals surface area (Å²) in [6.45, 7) is 16.2. The highest BCUT2D eigenvalue weighted by molar-refractivity contribution is 6.31.